The predicted molar refractivity (Wildman–Crippen MR) is 132 cm³/mol. The minimum absolute atomic E-state index is 0.111. The van der Waals surface area contributed by atoms with E-state index in [4.69, 9.17) is 13.9 Å². The van der Waals surface area contributed by atoms with Gasteiger partial charge in [0.25, 0.3) is 0 Å². The summed E-state index contributed by atoms with van der Waals surface area (Å²) >= 11 is 0. The van der Waals surface area contributed by atoms with Gasteiger partial charge in [0.15, 0.2) is 0 Å². The third-order valence-electron chi connectivity index (χ3n) is 4.97. The van der Waals surface area contributed by atoms with Gasteiger partial charge in [-0.25, -0.2) is 9.78 Å². The van der Waals surface area contributed by atoms with E-state index in [1.165, 1.54) is 0 Å². The van der Waals surface area contributed by atoms with Crippen molar-refractivity contribution < 1.29 is 18.7 Å². The van der Waals surface area contributed by atoms with Gasteiger partial charge in [0, 0.05) is 23.5 Å². The second-order valence-electron chi connectivity index (χ2n) is 8.68. The summed E-state index contributed by atoms with van der Waals surface area (Å²) < 4.78 is 17.1. The zero-order valence-electron chi connectivity index (χ0n) is 19.4. The maximum Gasteiger partial charge on any atom is 0.323 e. The number of nitrogens with one attached hydrogen (secondary N) is 2. The van der Waals surface area contributed by atoms with Crippen molar-refractivity contribution in [2.24, 2.45) is 0 Å². The Balaban J connectivity index is 1.43. The number of benzene rings is 2. The highest BCUT2D eigenvalue weighted by atomic mass is 16.5. The molecule has 4 rings (SSSR count). The van der Waals surface area contributed by atoms with Crippen LogP contribution < -0.4 is 20.1 Å². The highest BCUT2D eigenvalue weighted by molar-refractivity contribution is 6.00. The second-order valence-corrected chi connectivity index (χ2v) is 8.68. The highest BCUT2D eigenvalue weighted by Gasteiger charge is 2.20. The third kappa shape index (κ3) is 5.95. The first-order valence-corrected chi connectivity index (χ1v) is 10.9. The van der Waals surface area contributed by atoms with Crippen LogP contribution in [-0.2, 0) is 12.0 Å². The van der Waals surface area contributed by atoms with Crippen molar-refractivity contribution in [2.45, 2.75) is 32.8 Å². The first kappa shape index (κ1) is 22.9. The molecule has 34 heavy (non-hydrogen) atoms. The lowest BCUT2D eigenvalue weighted by Gasteiger charge is -2.22. The third-order valence-corrected chi connectivity index (χ3v) is 4.97. The average Bonchev–Trinajstić information content (AvgIpc) is 3.33. The molecule has 0 saturated carbocycles. The fourth-order valence-electron chi connectivity index (χ4n) is 3.34. The molecule has 0 fully saturated rings. The molecule has 0 saturated heterocycles. The number of amides is 2. The number of hydrogen-bond acceptors (Lipinski definition) is 5. The van der Waals surface area contributed by atoms with E-state index < -0.39 is 6.03 Å². The van der Waals surface area contributed by atoms with Gasteiger partial charge in [-0.1, -0.05) is 45.0 Å². The molecule has 2 N–H and O–H groups in total. The normalized spacial score (nSPS) is 11.0. The number of hydrogen-bond donors (Lipinski definition) is 2. The molecule has 0 aliphatic heterocycles. The molecule has 0 spiro atoms. The quantitative estimate of drug-likeness (QED) is 0.312. The number of urea groups is 1. The molecular formula is C27H27N3O4. The van der Waals surface area contributed by atoms with Gasteiger partial charge in [0.2, 0.25) is 5.88 Å². The molecule has 0 aliphatic carbocycles. The predicted octanol–water partition coefficient (Wildman–Crippen LogP) is 6.99. The molecular weight excluding hydrogens is 430 g/mol. The number of rotatable bonds is 7. The molecule has 0 radical (unpaired) electrons. The van der Waals surface area contributed by atoms with Gasteiger partial charge in [-0.2, -0.15) is 0 Å². The number of nitrogens with zero attached hydrogens (tertiary/aromatic N) is 1. The van der Waals surface area contributed by atoms with Crippen molar-refractivity contribution in [3.63, 3.8) is 0 Å². The second kappa shape index (κ2) is 10.1. The minimum Gasteiger partial charge on any atom is -0.486 e. The van der Waals surface area contributed by atoms with E-state index in [0.29, 0.717) is 41.1 Å². The minimum atomic E-state index is -0.426. The van der Waals surface area contributed by atoms with Gasteiger partial charge in [0.05, 0.1) is 6.26 Å². The van der Waals surface area contributed by atoms with Gasteiger partial charge in [0.1, 0.15) is 29.6 Å². The average molecular weight is 458 g/mol. The number of carbonyl (C=O) groups is 1. The topological polar surface area (TPSA) is 85.6 Å². The first-order valence-electron chi connectivity index (χ1n) is 10.9. The number of carbonyl (C=O) groups excluding carboxylic acids is 1. The van der Waals surface area contributed by atoms with E-state index in [1.54, 1.807) is 48.9 Å². The molecule has 7 heteroatoms. The Bertz CT molecular complexity index is 1250. The molecule has 4 aromatic rings. The molecule has 0 bridgehead atoms. The summed E-state index contributed by atoms with van der Waals surface area (Å²) in [6.45, 7) is 6.65. The zero-order valence-corrected chi connectivity index (χ0v) is 19.4. The Hall–Kier alpha value is -4.26. The van der Waals surface area contributed by atoms with E-state index in [1.807, 2.05) is 36.4 Å². The van der Waals surface area contributed by atoms with Gasteiger partial charge >= 0.3 is 6.03 Å². The van der Waals surface area contributed by atoms with Gasteiger partial charge < -0.3 is 24.5 Å². The van der Waals surface area contributed by atoms with Gasteiger partial charge in [-0.15, -0.1) is 0 Å². The fraction of sp³-hybridized carbons (Fsp3) is 0.185. The standard InChI is InChI=1S/C27H27N3O4/c1-27(2,3)22-12-4-5-14-24(22)34-25-23(13-7-15-28-25)30-26(31)29-19-9-6-10-20(17-19)33-18-21-11-8-16-32-21/h4-17H,18H2,1-3H3,(H2,29,30,31). The van der Waals surface area contributed by atoms with Crippen LogP contribution in [0.5, 0.6) is 17.4 Å². The number of furan rings is 1. The Morgan fingerprint density at radius 3 is 2.62 bits per heavy atom. The number of aromatic nitrogens is 1. The molecule has 2 aromatic carbocycles. The smallest absolute Gasteiger partial charge is 0.323 e. The zero-order chi connectivity index (χ0) is 24.0. The summed E-state index contributed by atoms with van der Waals surface area (Å²) in [6.07, 6.45) is 3.22. The van der Waals surface area contributed by atoms with Crippen molar-refractivity contribution in [1.82, 2.24) is 4.98 Å². The lowest BCUT2D eigenvalue weighted by Crippen LogP contribution is -2.20. The summed E-state index contributed by atoms with van der Waals surface area (Å²) in [7, 11) is 0. The molecule has 2 amide bonds. The molecule has 2 aromatic heterocycles. The molecule has 0 unspecified atom stereocenters. The maximum absolute atomic E-state index is 12.7. The number of ether oxygens (including phenoxy) is 2. The lowest BCUT2D eigenvalue weighted by atomic mass is 9.86. The highest BCUT2D eigenvalue weighted by Crippen LogP contribution is 2.35. The summed E-state index contributed by atoms with van der Waals surface area (Å²) in [5.41, 5.74) is 1.97. The SMILES string of the molecule is CC(C)(C)c1ccccc1Oc1ncccc1NC(=O)Nc1cccc(OCc2ccco2)c1. The van der Waals surface area contributed by atoms with Crippen molar-refractivity contribution in [3.05, 3.63) is 96.6 Å². The van der Waals surface area contributed by atoms with Gasteiger partial charge in [-0.3, -0.25) is 0 Å². The molecule has 174 valence electrons. The van der Waals surface area contributed by atoms with Crippen LogP contribution in [0, 0.1) is 0 Å². The Morgan fingerprint density at radius 2 is 1.82 bits per heavy atom. The van der Waals surface area contributed by atoms with Crippen LogP contribution in [0.15, 0.2) is 89.7 Å². The van der Waals surface area contributed by atoms with Crippen molar-refractivity contribution in [2.75, 3.05) is 10.6 Å². The van der Waals surface area contributed by atoms with Crippen LogP contribution in [0.4, 0.5) is 16.2 Å². The van der Waals surface area contributed by atoms with Crippen LogP contribution in [0.3, 0.4) is 0 Å². The molecule has 2 heterocycles. The summed E-state index contributed by atoms with van der Waals surface area (Å²) in [6, 6.07) is 21.6. The van der Waals surface area contributed by atoms with Crippen molar-refractivity contribution in [3.8, 4) is 17.4 Å². The van der Waals surface area contributed by atoms with E-state index in [9.17, 15) is 4.79 Å². The summed E-state index contributed by atoms with van der Waals surface area (Å²) in [4.78, 5) is 17.0. The monoisotopic (exact) mass is 457 g/mol. The summed E-state index contributed by atoms with van der Waals surface area (Å²) in [5, 5.41) is 5.63. The Labute approximate surface area is 198 Å². The van der Waals surface area contributed by atoms with Crippen molar-refractivity contribution in [1.29, 1.82) is 0 Å². The number of pyridine rings is 1. The molecule has 7 nitrogen and oxygen atoms in total. The number of para-hydroxylation sites is 1. The fourth-order valence-corrected chi connectivity index (χ4v) is 3.34. The van der Waals surface area contributed by atoms with E-state index >= 15 is 0 Å². The van der Waals surface area contributed by atoms with Crippen LogP contribution in [0.25, 0.3) is 0 Å². The first-order chi connectivity index (χ1) is 16.4. The van der Waals surface area contributed by atoms with Crippen LogP contribution in [0.2, 0.25) is 0 Å². The van der Waals surface area contributed by atoms with Crippen LogP contribution >= 0.6 is 0 Å². The largest absolute Gasteiger partial charge is 0.486 e. The Kier molecular flexibility index (Phi) is 6.82. The van der Waals surface area contributed by atoms with E-state index in [-0.39, 0.29) is 5.41 Å². The lowest BCUT2D eigenvalue weighted by molar-refractivity contribution is 0.262. The van der Waals surface area contributed by atoms with Crippen LogP contribution in [-0.4, -0.2) is 11.0 Å². The van der Waals surface area contributed by atoms with Gasteiger partial charge in [-0.05, 0) is 47.9 Å². The molecule has 0 atom stereocenters. The van der Waals surface area contributed by atoms with Crippen molar-refractivity contribution >= 4 is 17.4 Å². The maximum atomic E-state index is 12.7. The summed E-state index contributed by atoms with van der Waals surface area (Å²) in [5.74, 6) is 2.33. The molecule has 0 aliphatic rings. The number of anilines is 2. The Morgan fingerprint density at radius 1 is 0.971 bits per heavy atom. The van der Waals surface area contributed by atoms with E-state index in [2.05, 4.69) is 36.4 Å². The van der Waals surface area contributed by atoms with Crippen LogP contribution in [0.1, 0.15) is 32.1 Å². The van der Waals surface area contributed by atoms with E-state index in [0.717, 1.165) is 5.56 Å².